The highest BCUT2D eigenvalue weighted by atomic mass is 19.1. The van der Waals surface area contributed by atoms with E-state index in [1.807, 2.05) is 30.9 Å². The molecule has 3 aliphatic heterocycles. The average Bonchev–Trinajstić information content (AvgIpc) is 4.17. The van der Waals surface area contributed by atoms with Gasteiger partial charge in [-0.15, -0.1) is 5.10 Å². The van der Waals surface area contributed by atoms with E-state index >= 15 is 0 Å². The Hall–Kier alpha value is -6.39. The summed E-state index contributed by atoms with van der Waals surface area (Å²) >= 11 is 0. The van der Waals surface area contributed by atoms with Gasteiger partial charge in [-0.2, -0.15) is 15.0 Å². The summed E-state index contributed by atoms with van der Waals surface area (Å²) in [7, 11) is 6.80. The summed E-state index contributed by atoms with van der Waals surface area (Å²) in [6, 6.07) is 4.72. The Morgan fingerprint density at radius 1 is 0.926 bits per heavy atom. The molecule has 0 unspecified atom stereocenters. The maximum absolute atomic E-state index is 14.3. The molecule has 1 aliphatic carbocycles. The first kappa shape index (κ1) is 46.7. The van der Waals surface area contributed by atoms with E-state index in [9.17, 15) is 14.0 Å². The van der Waals surface area contributed by atoms with Crippen LogP contribution in [0.25, 0.3) is 11.2 Å². The largest absolute Gasteiger partial charge is 0.495 e. The molecule has 0 spiro atoms. The number of nitrogens with one attached hydrogen (secondary N) is 3. The van der Waals surface area contributed by atoms with Crippen molar-refractivity contribution in [3.8, 4) is 11.6 Å². The van der Waals surface area contributed by atoms with Gasteiger partial charge in [0.1, 0.15) is 29.3 Å². The van der Waals surface area contributed by atoms with Crippen LogP contribution in [0, 0.1) is 0 Å². The molecular weight excluding hydrogens is 874 g/mol. The van der Waals surface area contributed by atoms with Crippen molar-refractivity contribution in [1.82, 2.24) is 54.4 Å². The highest BCUT2D eigenvalue weighted by Gasteiger charge is 2.41. The number of alkyl halides is 1. The Labute approximate surface area is 395 Å². The minimum Gasteiger partial charge on any atom is -0.495 e. The van der Waals surface area contributed by atoms with Crippen LogP contribution in [0.3, 0.4) is 0 Å². The molecule has 4 aromatic heterocycles. The van der Waals surface area contributed by atoms with Gasteiger partial charge in [-0.1, -0.05) is 19.8 Å². The molecule has 2 saturated heterocycles. The molecule has 5 aromatic rings. The van der Waals surface area contributed by atoms with Gasteiger partial charge in [0.05, 0.1) is 51.2 Å². The van der Waals surface area contributed by atoms with Gasteiger partial charge in [-0.25, -0.2) is 14.4 Å². The van der Waals surface area contributed by atoms with Crippen molar-refractivity contribution in [3.05, 3.63) is 42.5 Å². The molecule has 2 amide bonds. The Balaban J connectivity index is 0.715. The Morgan fingerprint density at radius 2 is 1.69 bits per heavy atom. The topological polar surface area (TPSA) is 218 Å². The normalized spacial score (nSPS) is 20.4. The van der Waals surface area contributed by atoms with Crippen molar-refractivity contribution in [2.75, 3.05) is 106 Å². The third-order valence-electron chi connectivity index (χ3n) is 13.7. The fourth-order valence-corrected chi connectivity index (χ4v) is 9.86. The number of aryl methyl sites for hydroxylation is 2. The second kappa shape index (κ2) is 20.5. The quantitative estimate of drug-likeness (QED) is 0.0922. The monoisotopic (exact) mass is 938 g/mol. The molecule has 3 fully saturated rings. The molecule has 22 heteroatoms. The number of imidazole rings is 1. The molecule has 9 rings (SSSR count). The van der Waals surface area contributed by atoms with Crippen molar-refractivity contribution in [3.63, 3.8) is 0 Å². The van der Waals surface area contributed by atoms with E-state index in [-0.39, 0.29) is 30.4 Å². The molecule has 0 bridgehead atoms. The number of amides is 2. The van der Waals surface area contributed by atoms with Gasteiger partial charge in [0.2, 0.25) is 17.8 Å². The van der Waals surface area contributed by atoms with E-state index in [0.717, 1.165) is 83.6 Å². The lowest BCUT2D eigenvalue weighted by molar-refractivity contribution is -0.120. The van der Waals surface area contributed by atoms with Gasteiger partial charge >= 0.3 is 0 Å². The molecule has 1 saturated carbocycles. The van der Waals surface area contributed by atoms with Crippen LogP contribution in [0.15, 0.2) is 36.9 Å². The zero-order valence-corrected chi connectivity index (χ0v) is 39.7. The lowest BCUT2D eigenvalue weighted by Crippen LogP contribution is -2.55. The number of hydrogen-bond donors (Lipinski definition) is 4. The molecule has 68 heavy (non-hydrogen) atoms. The van der Waals surface area contributed by atoms with Gasteiger partial charge in [0.25, 0.3) is 11.8 Å². The number of hydrogen-bond acceptors (Lipinski definition) is 17. The van der Waals surface area contributed by atoms with Crippen LogP contribution >= 0.6 is 0 Å². The molecule has 3 atom stereocenters. The van der Waals surface area contributed by atoms with Crippen molar-refractivity contribution >= 4 is 63.6 Å². The smallest absolute Gasteiger partial charge is 0.256 e. The van der Waals surface area contributed by atoms with Crippen molar-refractivity contribution < 1.29 is 23.5 Å². The number of rotatable bonds is 18. The first-order valence-electron chi connectivity index (χ1n) is 23.8. The predicted octanol–water partition coefficient (Wildman–Crippen LogP) is 3.67. The standard InChI is InChI=1S/C46H64FN17O4/c1-6-35-44(66)59(3)36-24-50-45(55-40(36)64(35)30-11-7-8-12-30)53-33-14-13-29(23-37(33)67-4)42(65)49-15-9-16-60-19-21-61(22-20-60)17-10-18-63-27-34(43(57-63)68-5)52-39-38-41(58(2)28-51-38)56-46(54-39)62-25-31(47)32(48)26-62/h13-14,23-24,27-28,30-32,35H,6-12,15-22,25-26,48H2,1-5H3,(H,49,65)(H,50,53,55)(H,52,54,56)/t31-,32-,35-/m1/s1. The zero-order chi connectivity index (χ0) is 47.5. The van der Waals surface area contributed by atoms with Crippen molar-refractivity contribution in [2.45, 2.75) is 82.7 Å². The first-order chi connectivity index (χ1) is 33.0. The average molecular weight is 938 g/mol. The lowest BCUT2D eigenvalue weighted by atomic mass is 10.0. The predicted molar refractivity (Wildman–Crippen MR) is 258 cm³/mol. The third-order valence-corrected chi connectivity index (χ3v) is 13.7. The van der Waals surface area contributed by atoms with E-state index in [4.69, 9.17) is 25.2 Å². The minimum absolute atomic E-state index is 0.0710. The fourth-order valence-electron chi connectivity index (χ4n) is 9.86. The van der Waals surface area contributed by atoms with E-state index < -0.39 is 12.2 Å². The SMILES string of the molecule is CC[C@@H]1C(=O)N(C)c2cnc(Nc3ccc(C(=O)NCCCN4CCN(CCCn5cc(Nc6nc(N7C[C@@H](N)[C@H](F)C7)nc7c6ncn7C)c(OC)n5)CC4)cc3OC)nc2N1C1CCCC1. The van der Waals surface area contributed by atoms with Crippen LogP contribution in [0.2, 0.25) is 0 Å². The molecule has 5 N–H and O–H groups in total. The number of halogens is 1. The van der Waals surface area contributed by atoms with Crippen LogP contribution in [0.5, 0.6) is 11.6 Å². The number of nitrogens with zero attached hydrogens (tertiary/aromatic N) is 13. The number of methoxy groups -OCH3 is 2. The minimum atomic E-state index is -1.15. The molecule has 0 radical (unpaired) electrons. The molecule has 364 valence electrons. The summed E-state index contributed by atoms with van der Waals surface area (Å²) in [6.07, 6.45) is 10.9. The summed E-state index contributed by atoms with van der Waals surface area (Å²) < 4.78 is 29.3. The number of aromatic nitrogens is 8. The highest BCUT2D eigenvalue weighted by molar-refractivity contribution is 6.04. The van der Waals surface area contributed by atoms with Gasteiger partial charge in [0, 0.05) is 71.5 Å². The van der Waals surface area contributed by atoms with Crippen LogP contribution < -0.4 is 45.9 Å². The van der Waals surface area contributed by atoms with Crippen LogP contribution in [0.1, 0.15) is 62.2 Å². The maximum Gasteiger partial charge on any atom is 0.256 e. The van der Waals surface area contributed by atoms with E-state index in [1.54, 1.807) is 60.3 Å². The first-order valence-corrected chi connectivity index (χ1v) is 23.8. The van der Waals surface area contributed by atoms with Crippen LogP contribution in [-0.2, 0) is 18.4 Å². The second-order valence-corrected chi connectivity index (χ2v) is 18.2. The van der Waals surface area contributed by atoms with Crippen molar-refractivity contribution in [1.29, 1.82) is 0 Å². The number of fused-ring (bicyclic) bond motifs is 2. The summed E-state index contributed by atoms with van der Waals surface area (Å²) in [6.45, 7) is 9.44. The van der Waals surface area contributed by atoms with Crippen LogP contribution in [0.4, 0.5) is 45.0 Å². The van der Waals surface area contributed by atoms with Gasteiger partial charge < -0.3 is 60.2 Å². The van der Waals surface area contributed by atoms with Gasteiger partial charge in [-0.3, -0.25) is 14.3 Å². The molecule has 21 nitrogen and oxygen atoms in total. The third kappa shape index (κ3) is 9.79. The van der Waals surface area contributed by atoms with E-state index in [0.29, 0.717) is 89.2 Å². The number of nitrogens with two attached hydrogens (primary N) is 1. The second-order valence-electron chi connectivity index (χ2n) is 18.2. The Kier molecular flexibility index (Phi) is 14.1. The molecular formula is C46H64FN17O4. The summed E-state index contributed by atoms with van der Waals surface area (Å²) in [5, 5.41) is 14.4. The number of carbonyl (C=O) groups excluding carboxylic acids is 2. The molecule has 4 aliphatic rings. The number of benzene rings is 1. The zero-order valence-electron chi connectivity index (χ0n) is 39.7. The van der Waals surface area contributed by atoms with Gasteiger partial charge in [-0.05, 0) is 63.4 Å². The summed E-state index contributed by atoms with van der Waals surface area (Å²) in [5.41, 5.74) is 9.64. The number of ether oxygens (including phenoxy) is 2. The van der Waals surface area contributed by atoms with Crippen LogP contribution in [-0.4, -0.2) is 165 Å². The summed E-state index contributed by atoms with van der Waals surface area (Å²) in [4.78, 5) is 60.5. The van der Waals surface area contributed by atoms with E-state index in [2.05, 4.69) is 50.7 Å². The number of piperazine rings is 1. The summed E-state index contributed by atoms with van der Waals surface area (Å²) in [5.74, 6) is 2.85. The number of anilines is 7. The van der Waals surface area contributed by atoms with Crippen molar-refractivity contribution in [2.24, 2.45) is 12.8 Å². The maximum atomic E-state index is 14.3. The molecule has 1 aromatic carbocycles. The number of carbonyl (C=O) groups is 2. The van der Waals surface area contributed by atoms with Gasteiger partial charge in [0.15, 0.2) is 22.8 Å². The Morgan fingerprint density at radius 3 is 2.40 bits per heavy atom. The molecule has 7 heterocycles. The highest BCUT2D eigenvalue weighted by Crippen LogP contribution is 2.40. The number of likely N-dealkylation sites (N-methyl/N-ethyl adjacent to an activating group) is 1. The Bertz CT molecular complexity index is 2570. The lowest BCUT2D eigenvalue weighted by Gasteiger charge is -2.43. The van der Waals surface area contributed by atoms with E-state index in [1.165, 1.54) is 0 Å². The fraction of sp³-hybridized carbons (Fsp3) is 0.565.